The lowest BCUT2D eigenvalue weighted by atomic mass is 10.1. The lowest BCUT2D eigenvalue weighted by Gasteiger charge is -2.35. The smallest absolute Gasteiger partial charge is 0.256 e. The number of benzene rings is 2. The molecule has 7 heteroatoms. The summed E-state index contributed by atoms with van der Waals surface area (Å²) in [7, 11) is 0. The van der Waals surface area contributed by atoms with Gasteiger partial charge in [-0.15, -0.1) is 0 Å². The van der Waals surface area contributed by atoms with Crippen LogP contribution in [0.25, 0.3) is 0 Å². The Hall–Kier alpha value is -3.09. The number of hydrogen-bond donors (Lipinski definition) is 0. The van der Waals surface area contributed by atoms with Crippen LogP contribution in [0.3, 0.4) is 0 Å². The van der Waals surface area contributed by atoms with Crippen molar-refractivity contribution in [3.8, 4) is 11.5 Å². The zero-order chi connectivity index (χ0) is 20.0. The van der Waals surface area contributed by atoms with Gasteiger partial charge in [0.1, 0.15) is 5.82 Å². The van der Waals surface area contributed by atoms with Crippen molar-refractivity contribution in [3.63, 3.8) is 0 Å². The third-order valence-electron chi connectivity index (χ3n) is 5.92. The van der Waals surface area contributed by atoms with Gasteiger partial charge in [-0.2, -0.15) is 0 Å². The lowest BCUT2D eigenvalue weighted by Crippen LogP contribution is -2.51. The van der Waals surface area contributed by atoms with E-state index in [-0.39, 0.29) is 36.0 Å². The maximum atomic E-state index is 13.9. The van der Waals surface area contributed by atoms with Crippen molar-refractivity contribution < 1.29 is 23.5 Å². The maximum absolute atomic E-state index is 13.9. The lowest BCUT2D eigenvalue weighted by molar-refractivity contribution is -0.134. The molecule has 0 N–H and O–H groups in total. The Morgan fingerprint density at radius 1 is 0.931 bits per heavy atom. The minimum atomic E-state index is -0.513. The van der Waals surface area contributed by atoms with E-state index in [4.69, 9.17) is 9.47 Å². The molecule has 2 amide bonds. The summed E-state index contributed by atoms with van der Waals surface area (Å²) in [6, 6.07) is 11.9. The second-order valence-electron chi connectivity index (χ2n) is 7.66. The van der Waals surface area contributed by atoms with Crippen LogP contribution in [0.15, 0.2) is 42.5 Å². The van der Waals surface area contributed by atoms with E-state index in [2.05, 4.69) is 0 Å². The molecule has 1 aliphatic carbocycles. The third-order valence-corrected chi connectivity index (χ3v) is 5.92. The van der Waals surface area contributed by atoms with E-state index in [1.54, 1.807) is 17.0 Å². The fourth-order valence-electron chi connectivity index (χ4n) is 4.15. The van der Waals surface area contributed by atoms with Gasteiger partial charge in [-0.3, -0.25) is 9.59 Å². The summed E-state index contributed by atoms with van der Waals surface area (Å²) in [4.78, 5) is 28.9. The second kappa shape index (κ2) is 7.06. The van der Waals surface area contributed by atoms with Gasteiger partial charge < -0.3 is 19.3 Å². The molecule has 150 valence electrons. The minimum absolute atomic E-state index is 0.0239. The second-order valence-corrected chi connectivity index (χ2v) is 7.66. The topological polar surface area (TPSA) is 59.1 Å². The Bertz CT molecular complexity index is 971. The summed E-state index contributed by atoms with van der Waals surface area (Å²) < 4.78 is 24.6. The van der Waals surface area contributed by atoms with Crippen LogP contribution < -0.4 is 9.47 Å². The molecule has 0 unspecified atom stereocenters. The number of carbonyl (C=O) groups excluding carboxylic acids is 2. The van der Waals surface area contributed by atoms with Crippen LogP contribution in [0.5, 0.6) is 11.5 Å². The first-order valence-corrected chi connectivity index (χ1v) is 9.84. The zero-order valence-electron chi connectivity index (χ0n) is 15.8. The summed E-state index contributed by atoms with van der Waals surface area (Å²) in [6.45, 7) is 2.02. The SMILES string of the molecule is O=C(c1ccccc1F)N1CCN(C(=O)[C@H]2C[C@@H]2c2ccc3c(c2)OCO3)CC1. The van der Waals surface area contributed by atoms with Gasteiger partial charge in [0.2, 0.25) is 12.7 Å². The number of fused-ring (bicyclic) bond motifs is 1. The number of hydrogen-bond acceptors (Lipinski definition) is 4. The van der Waals surface area contributed by atoms with Crippen LogP contribution in [-0.4, -0.2) is 54.6 Å². The fraction of sp³-hybridized carbons (Fsp3) is 0.364. The quantitative estimate of drug-likeness (QED) is 0.800. The normalized spacial score (nSPS) is 22.5. The molecule has 1 saturated heterocycles. The van der Waals surface area contributed by atoms with Crippen LogP contribution in [0.2, 0.25) is 0 Å². The predicted octanol–water partition coefficient (Wildman–Crippen LogP) is 2.64. The molecule has 29 heavy (non-hydrogen) atoms. The number of nitrogens with zero attached hydrogens (tertiary/aromatic N) is 2. The van der Waals surface area contributed by atoms with Crippen LogP contribution in [-0.2, 0) is 4.79 Å². The Balaban J connectivity index is 1.18. The average molecular weight is 396 g/mol. The maximum Gasteiger partial charge on any atom is 0.256 e. The Kier molecular flexibility index (Phi) is 4.38. The van der Waals surface area contributed by atoms with Gasteiger partial charge in [0.15, 0.2) is 11.5 Å². The van der Waals surface area contributed by atoms with E-state index >= 15 is 0 Å². The van der Waals surface area contributed by atoms with Crippen molar-refractivity contribution >= 4 is 11.8 Å². The molecule has 5 rings (SSSR count). The van der Waals surface area contributed by atoms with Crippen molar-refractivity contribution in [1.29, 1.82) is 0 Å². The summed E-state index contributed by atoms with van der Waals surface area (Å²) in [5.41, 5.74) is 1.18. The molecule has 1 saturated carbocycles. The van der Waals surface area contributed by atoms with Gasteiger partial charge in [0.05, 0.1) is 5.56 Å². The van der Waals surface area contributed by atoms with E-state index < -0.39 is 5.82 Å². The van der Waals surface area contributed by atoms with Gasteiger partial charge in [-0.1, -0.05) is 18.2 Å². The average Bonchev–Trinajstić information content (AvgIpc) is 3.42. The number of amides is 2. The van der Waals surface area contributed by atoms with E-state index in [9.17, 15) is 14.0 Å². The Labute approximate surface area is 167 Å². The summed E-state index contributed by atoms with van der Waals surface area (Å²) in [5.74, 6) is 0.958. The molecule has 0 radical (unpaired) electrons. The summed E-state index contributed by atoms with van der Waals surface area (Å²) >= 11 is 0. The van der Waals surface area contributed by atoms with Crippen LogP contribution in [0, 0.1) is 11.7 Å². The monoisotopic (exact) mass is 396 g/mol. The molecule has 3 aliphatic rings. The van der Waals surface area contributed by atoms with E-state index in [1.165, 1.54) is 12.1 Å². The van der Waals surface area contributed by atoms with Gasteiger partial charge >= 0.3 is 0 Å². The molecule has 2 aromatic carbocycles. The number of rotatable bonds is 3. The highest BCUT2D eigenvalue weighted by atomic mass is 19.1. The highest BCUT2D eigenvalue weighted by molar-refractivity contribution is 5.94. The number of halogens is 1. The number of carbonyl (C=O) groups is 2. The molecule has 0 aromatic heterocycles. The molecule has 2 atom stereocenters. The highest BCUT2D eigenvalue weighted by Crippen LogP contribution is 2.50. The molecule has 2 aliphatic heterocycles. The first-order chi connectivity index (χ1) is 14.1. The molecular weight excluding hydrogens is 375 g/mol. The fourth-order valence-corrected chi connectivity index (χ4v) is 4.15. The van der Waals surface area contributed by atoms with Crippen molar-refractivity contribution in [1.82, 2.24) is 9.80 Å². The van der Waals surface area contributed by atoms with Crippen molar-refractivity contribution in [2.75, 3.05) is 33.0 Å². The number of piperazine rings is 1. The molecule has 6 nitrogen and oxygen atoms in total. The first kappa shape index (κ1) is 18.0. The van der Waals surface area contributed by atoms with E-state index in [0.29, 0.717) is 26.2 Å². The summed E-state index contributed by atoms with van der Waals surface area (Å²) in [6.07, 6.45) is 0.826. The number of ether oxygens (including phenoxy) is 2. The molecule has 2 fully saturated rings. The van der Waals surface area contributed by atoms with Crippen molar-refractivity contribution in [2.24, 2.45) is 5.92 Å². The minimum Gasteiger partial charge on any atom is -0.454 e. The van der Waals surface area contributed by atoms with Crippen LogP contribution in [0.1, 0.15) is 28.3 Å². The largest absolute Gasteiger partial charge is 0.454 e. The zero-order valence-corrected chi connectivity index (χ0v) is 15.8. The molecular formula is C22H21FN2O4. The third kappa shape index (κ3) is 3.30. The van der Waals surface area contributed by atoms with Crippen LogP contribution in [0.4, 0.5) is 4.39 Å². The molecule has 2 aromatic rings. The Morgan fingerprint density at radius 2 is 1.66 bits per heavy atom. The molecule has 0 spiro atoms. The standard InChI is InChI=1S/C22H21FN2O4/c23-18-4-2-1-3-15(18)21(26)24-7-9-25(10-8-24)22(27)17-12-16(17)14-5-6-19-20(11-14)29-13-28-19/h1-6,11,16-17H,7-10,12-13H2/t16-,17+/m1/s1. The van der Waals surface area contributed by atoms with E-state index in [0.717, 1.165) is 23.5 Å². The molecule has 2 heterocycles. The first-order valence-electron chi connectivity index (χ1n) is 9.84. The van der Waals surface area contributed by atoms with Gasteiger partial charge in [-0.05, 0) is 42.2 Å². The van der Waals surface area contributed by atoms with Gasteiger partial charge in [0, 0.05) is 32.1 Å². The van der Waals surface area contributed by atoms with Crippen LogP contribution >= 0.6 is 0 Å². The van der Waals surface area contributed by atoms with Gasteiger partial charge in [-0.25, -0.2) is 4.39 Å². The Morgan fingerprint density at radius 3 is 2.45 bits per heavy atom. The van der Waals surface area contributed by atoms with Crippen molar-refractivity contribution in [3.05, 3.63) is 59.4 Å². The van der Waals surface area contributed by atoms with E-state index in [1.807, 2.05) is 23.1 Å². The predicted molar refractivity (Wildman–Crippen MR) is 102 cm³/mol. The summed E-state index contributed by atoms with van der Waals surface area (Å²) in [5, 5.41) is 0. The molecule has 0 bridgehead atoms. The van der Waals surface area contributed by atoms with Gasteiger partial charge in [0.25, 0.3) is 5.91 Å². The highest BCUT2D eigenvalue weighted by Gasteiger charge is 2.46. The van der Waals surface area contributed by atoms with Crippen molar-refractivity contribution in [2.45, 2.75) is 12.3 Å².